The number of halogens is 1. The second-order valence-electron chi connectivity index (χ2n) is 7.22. The van der Waals surface area contributed by atoms with E-state index in [1.807, 2.05) is 18.2 Å². The van der Waals surface area contributed by atoms with E-state index in [-0.39, 0.29) is 11.9 Å². The van der Waals surface area contributed by atoms with Crippen LogP contribution in [0.5, 0.6) is 0 Å². The molecule has 0 fully saturated rings. The molecule has 7 nitrogen and oxygen atoms in total. The molecule has 1 heterocycles. The maximum absolute atomic E-state index is 13.2. The molecule has 8 heteroatoms. The van der Waals surface area contributed by atoms with Crippen LogP contribution >= 0.6 is 11.6 Å². The van der Waals surface area contributed by atoms with Gasteiger partial charge >= 0.3 is 0 Å². The van der Waals surface area contributed by atoms with Crippen molar-refractivity contribution >= 4 is 23.4 Å². The Morgan fingerprint density at radius 1 is 1.20 bits per heavy atom. The number of hydrogen-bond acceptors (Lipinski definition) is 5. The summed E-state index contributed by atoms with van der Waals surface area (Å²) >= 11 is 6.29. The standard InChI is InChI=1S/C22H20ClN3O4/c1-12-19(20(26-30-12)16-6-2-3-7-17(16)23)22(28)24-18-8-4-5-13-11-14(21(27)25-29)9-10-15(13)18/h2-3,6-7,9-11,18,29H,4-5,8H2,1H3,(H,24,28)(H,25,27). The van der Waals surface area contributed by atoms with E-state index in [2.05, 4.69) is 10.5 Å². The summed E-state index contributed by atoms with van der Waals surface area (Å²) in [5.41, 5.74) is 5.34. The van der Waals surface area contributed by atoms with Gasteiger partial charge in [-0.15, -0.1) is 0 Å². The van der Waals surface area contributed by atoms with Crippen LogP contribution in [0.4, 0.5) is 0 Å². The number of nitrogens with zero attached hydrogens (tertiary/aromatic N) is 1. The average Bonchev–Trinajstić information content (AvgIpc) is 3.14. The van der Waals surface area contributed by atoms with Gasteiger partial charge in [-0.3, -0.25) is 14.8 Å². The van der Waals surface area contributed by atoms with Crippen molar-refractivity contribution in [3.8, 4) is 11.3 Å². The Bertz CT molecular complexity index is 1130. The van der Waals surface area contributed by atoms with Crippen LogP contribution in [0, 0.1) is 6.92 Å². The van der Waals surface area contributed by atoms with E-state index < -0.39 is 5.91 Å². The monoisotopic (exact) mass is 425 g/mol. The predicted molar refractivity (Wildman–Crippen MR) is 111 cm³/mol. The summed E-state index contributed by atoms with van der Waals surface area (Å²) in [6.07, 6.45) is 2.43. The Morgan fingerprint density at radius 3 is 2.77 bits per heavy atom. The second-order valence-corrected chi connectivity index (χ2v) is 7.62. The lowest BCUT2D eigenvalue weighted by Crippen LogP contribution is -2.31. The first kappa shape index (κ1) is 20.1. The molecule has 3 aromatic rings. The maximum Gasteiger partial charge on any atom is 0.274 e. The van der Waals surface area contributed by atoms with Crippen molar-refractivity contribution in [2.45, 2.75) is 32.2 Å². The van der Waals surface area contributed by atoms with Gasteiger partial charge in [0.1, 0.15) is 17.0 Å². The quantitative estimate of drug-likeness (QED) is 0.428. The number of aryl methyl sites for hydroxylation is 2. The number of hydrogen-bond donors (Lipinski definition) is 3. The number of carbonyl (C=O) groups is 2. The summed E-state index contributed by atoms with van der Waals surface area (Å²) in [4.78, 5) is 24.9. The summed E-state index contributed by atoms with van der Waals surface area (Å²) in [6, 6.07) is 12.2. The van der Waals surface area contributed by atoms with E-state index in [1.165, 1.54) is 0 Å². The number of benzene rings is 2. The molecule has 1 aliphatic carbocycles. The van der Waals surface area contributed by atoms with Gasteiger partial charge in [-0.1, -0.05) is 41.0 Å². The lowest BCUT2D eigenvalue weighted by molar-refractivity contribution is 0.0706. The largest absolute Gasteiger partial charge is 0.360 e. The van der Waals surface area contributed by atoms with Gasteiger partial charge in [0, 0.05) is 11.1 Å². The molecule has 1 unspecified atom stereocenters. The average molecular weight is 426 g/mol. The molecule has 4 rings (SSSR count). The van der Waals surface area contributed by atoms with Gasteiger partial charge < -0.3 is 9.84 Å². The smallest absolute Gasteiger partial charge is 0.274 e. The van der Waals surface area contributed by atoms with Gasteiger partial charge in [0.25, 0.3) is 11.8 Å². The number of fused-ring (bicyclic) bond motifs is 1. The maximum atomic E-state index is 13.2. The van der Waals surface area contributed by atoms with Crippen molar-refractivity contribution in [3.05, 3.63) is 75.5 Å². The molecule has 0 spiro atoms. The van der Waals surface area contributed by atoms with Crippen LogP contribution < -0.4 is 10.8 Å². The van der Waals surface area contributed by atoms with E-state index in [0.29, 0.717) is 33.2 Å². The lowest BCUT2D eigenvalue weighted by atomic mass is 9.86. The molecule has 3 N–H and O–H groups in total. The zero-order valence-electron chi connectivity index (χ0n) is 16.2. The molecular formula is C22H20ClN3O4. The second kappa shape index (κ2) is 8.30. The van der Waals surface area contributed by atoms with Crippen LogP contribution in [-0.4, -0.2) is 22.2 Å². The molecule has 1 aromatic heterocycles. The molecular weight excluding hydrogens is 406 g/mol. The van der Waals surface area contributed by atoms with Gasteiger partial charge in [0.15, 0.2) is 0 Å². The summed E-state index contributed by atoms with van der Waals surface area (Å²) < 4.78 is 5.30. The zero-order valence-corrected chi connectivity index (χ0v) is 17.0. The first-order valence-corrected chi connectivity index (χ1v) is 9.96. The van der Waals surface area contributed by atoms with Crippen molar-refractivity contribution in [1.82, 2.24) is 16.0 Å². The summed E-state index contributed by atoms with van der Waals surface area (Å²) in [7, 11) is 0. The minimum atomic E-state index is -0.562. The van der Waals surface area contributed by atoms with Crippen molar-refractivity contribution < 1.29 is 19.3 Å². The molecule has 0 radical (unpaired) electrons. The van der Waals surface area contributed by atoms with E-state index in [0.717, 1.165) is 30.4 Å². The molecule has 0 saturated heterocycles. The van der Waals surface area contributed by atoms with Crippen molar-refractivity contribution in [2.75, 3.05) is 0 Å². The van der Waals surface area contributed by atoms with Gasteiger partial charge in [-0.2, -0.15) is 0 Å². The normalized spacial score (nSPS) is 15.4. The van der Waals surface area contributed by atoms with Crippen molar-refractivity contribution in [2.24, 2.45) is 0 Å². The highest BCUT2D eigenvalue weighted by molar-refractivity contribution is 6.33. The van der Waals surface area contributed by atoms with E-state index >= 15 is 0 Å². The third-order valence-electron chi connectivity index (χ3n) is 5.35. The van der Waals surface area contributed by atoms with Gasteiger partial charge in [-0.25, -0.2) is 5.48 Å². The SMILES string of the molecule is Cc1onc(-c2ccccc2Cl)c1C(=O)NC1CCCc2cc(C(=O)NO)ccc21. The number of carbonyl (C=O) groups excluding carboxylic acids is 2. The van der Waals surface area contributed by atoms with E-state index in [9.17, 15) is 9.59 Å². The fraction of sp³-hybridized carbons (Fsp3) is 0.227. The Balaban J connectivity index is 1.63. The number of nitrogens with one attached hydrogen (secondary N) is 2. The molecule has 154 valence electrons. The minimum Gasteiger partial charge on any atom is -0.360 e. The topological polar surface area (TPSA) is 104 Å². The van der Waals surface area contributed by atoms with Crippen LogP contribution in [0.1, 0.15) is 56.5 Å². The van der Waals surface area contributed by atoms with Gasteiger partial charge in [0.05, 0.1) is 11.1 Å². The van der Waals surface area contributed by atoms with Gasteiger partial charge in [0.2, 0.25) is 0 Å². The predicted octanol–water partition coefficient (Wildman–Crippen LogP) is 4.23. The molecule has 2 aromatic carbocycles. The summed E-state index contributed by atoms with van der Waals surface area (Å²) in [6.45, 7) is 1.69. The minimum absolute atomic E-state index is 0.208. The highest BCUT2D eigenvalue weighted by atomic mass is 35.5. The fourth-order valence-corrected chi connectivity index (χ4v) is 4.10. The van der Waals surface area contributed by atoms with Crippen LogP contribution in [0.25, 0.3) is 11.3 Å². The third kappa shape index (κ3) is 3.69. The Morgan fingerprint density at radius 2 is 2.00 bits per heavy atom. The highest BCUT2D eigenvalue weighted by Crippen LogP contribution is 2.33. The van der Waals surface area contributed by atoms with Crippen LogP contribution in [0.3, 0.4) is 0 Å². The number of hydroxylamine groups is 1. The van der Waals surface area contributed by atoms with Crippen molar-refractivity contribution in [1.29, 1.82) is 0 Å². The highest BCUT2D eigenvalue weighted by Gasteiger charge is 2.28. The Labute approximate surface area is 178 Å². The molecule has 1 aliphatic rings. The Hall–Kier alpha value is -3.16. The van der Waals surface area contributed by atoms with E-state index in [4.69, 9.17) is 21.3 Å². The number of aromatic nitrogens is 1. The van der Waals surface area contributed by atoms with Gasteiger partial charge in [-0.05, 0) is 55.5 Å². The molecule has 0 bridgehead atoms. The molecule has 0 saturated carbocycles. The molecule has 0 aliphatic heterocycles. The zero-order chi connectivity index (χ0) is 21.3. The van der Waals surface area contributed by atoms with Crippen molar-refractivity contribution in [3.63, 3.8) is 0 Å². The van der Waals surface area contributed by atoms with E-state index in [1.54, 1.807) is 36.7 Å². The van der Waals surface area contributed by atoms with Crippen LogP contribution in [0.15, 0.2) is 47.0 Å². The Kier molecular flexibility index (Phi) is 5.57. The molecule has 2 amide bonds. The fourth-order valence-electron chi connectivity index (χ4n) is 3.88. The van der Waals surface area contributed by atoms with Crippen LogP contribution in [-0.2, 0) is 6.42 Å². The van der Waals surface area contributed by atoms with Crippen LogP contribution in [0.2, 0.25) is 5.02 Å². The summed E-state index contributed by atoms with van der Waals surface area (Å²) in [5.74, 6) is -0.444. The number of amides is 2. The molecule has 30 heavy (non-hydrogen) atoms. The first-order valence-electron chi connectivity index (χ1n) is 9.59. The lowest BCUT2D eigenvalue weighted by Gasteiger charge is -2.27. The number of rotatable bonds is 4. The first-order chi connectivity index (χ1) is 14.5. The summed E-state index contributed by atoms with van der Waals surface area (Å²) in [5, 5.41) is 16.5. The third-order valence-corrected chi connectivity index (χ3v) is 5.67. The molecule has 1 atom stereocenters.